The third kappa shape index (κ3) is 1.95. The fraction of sp³-hybridized carbons (Fsp3) is 0.611. The van der Waals surface area contributed by atoms with Gasteiger partial charge in [0.15, 0.2) is 0 Å². The third-order valence-corrected chi connectivity index (χ3v) is 6.36. The summed E-state index contributed by atoms with van der Waals surface area (Å²) in [4.78, 5) is 6.84. The number of aliphatic imine (C=N–C) groups is 1. The second-order valence-electron chi connectivity index (χ2n) is 7.06. The van der Waals surface area contributed by atoms with Crippen LogP contribution in [0.3, 0.4) is 0 Å². The van der Waals surface area contributed by atoms with Crippen LogP contribution in [0.25, 0.3) is 0 Å². The van der Waals surface area contributed by atoms with Gasteiger partial charge >= 0.3 is 0 Å². The highest BCUT2D eigenvalue weighted by atomic mass is 32.1. The summed E-state index contributed by atoms with van der Waals surface area (Å²) in [6.07, 6.45) is 8.06. The summed E-state index contributed by atoms with van der Waals surface area (Å²) in [5.74, 6) is 0.837. The maximum atomic E-state index is 4.78. The molecule has 1 saturated heterocycles. The van der Waals surface area contributed by atoms with Gasteiger partial charge < -0.3 is 4.90 Å². The number of thiocarbonyl (C=S) groups is 1. The summed E-state index contributed by atoms with van der Waals surface area (Å²) in [7, 11) is 2.32. The predicted octanol–water partition coefficient (Wildman–Crippen LogP) is 4.11. The van der Waals surface area contributed by atoms with Gasteiger partial charge in [-0.05, 0) is 80.7 Å². The van der Waals surface area contributed by atoms with E-state index in [4.69, 9.17) is 12.2 Å². The largest absolute Gasteiger partial charge is 0.303 e. The van der Waals surface area contributed by atoms with Gasteiger partial charge in [0, 0.05) is 11.5 Å². The highest BCUT2D eigenvalue weighted by molar-refractivity contribution is 7.78. The summed E-state index contributed by atoms with van der Waals surface area (Å²) >= 11 is 4.78. The second kappa shape index (κ2) is 5.01. The Morgan fingerprint density at radius 3 is 3.10 bits per heavy atom. The van der Waals surface area contributed by atoms with Gasteiger partial charge in [0.2, 0.25) is 0 Å². The zero-order chi connectivity index (χ0) is 14.4. The average molecular weight is 298 g/mol. The lowest BCUT2D eigenvalue weighted by Gasteiger charge is -2.58. The summed E-state index contributed by atoms with van der Waals surface area (Å²) in [5.41, 5.74) is 4.53. The quantitative estimate of drug-likeness (QED) is 0.573. The minimum Gasteiger partial charge on any atom is -0.303 e. The molecular weight excluding hydrogens is 276 g/mol. The Bertz CT molecular complexity index is 620. The van der Waals surface area contributed by atoms with Gasteiger partial charge in [0.05, 0.1) is 10.8 Å². The monoisotopic (exact) mass is 298 g/mol. The first-order chi connectivity index (χ1) is 10.2. The van der Waals surface area contributed by atoms with Gasteiger partial charge in [-0.3, -0.25) is 0 Å². The Labute approximate surface area is 132 Å². The van der Waals surface area contributed by atoms with E-state index in [0.29, 0.717) is 5.41 Å². The van der Waals surface area contributed by atoms with E-state index >= 15 is 0 Å². The minimum atomic E-state index is 0.413. The summed E-state index contributed by atoms with van der Waals surface area (Å²) in [5, 5.41) is 2.52. The van der Waals surface area contributed by atoms with Crippen molar-refractivity contribution in [3.8, 4) is 0 Å². The average Bonchev–Trinajstić information content (AvgIpc) is 2.52. The van der Waals surface area contributed by atoms with Crippen molar-refractivity contribution in [1.82, 2.24) is 4.90 Å². The highest BCUT2D eigenvalue weighted by Crippen LogP contribution is 2.55. The van der Waals surface area contributed by atoms with Crippen LogP contribution in [0.4, 0.5) is 5.69 Å². The predicted molar refractivity (Wildman–Crippen MR) is 89.5 cm³/mol. The van der Waals surface area contributed by atoms with Gasteiger partial charge in [-0.15, -0.1) is 0 Å². The molecule has 4 rings (SSSR count). The van der Waals surface area contributed by atoms with Crippen molar-refractivity contribution < 1.29 is 0 Å². The van der Waals surface area contributed by atoms with E-state index < -0.39 is 0 Å². The molecule has 3 heteroatoms. The van der Waals surface area contributed by atoms with Crippen molar-refractivity contribution in [2.24, 2.45) is 10.9 Å². The molecule has 0 amide bonds. The molecule has 110 valence electrons. The van der Waals surface area contributed by atoms with Crippen molar-refractivity contribution in [3.63, 3.8) is 0 Å². The number of likely N-dealkylation sites (tertiary alicyclic amines) is 1. The molecule has 2 bridgehead atoms. The van der Waals surface area contributed by atoms with Crippen LogP contribution in [0.2, 0.25) is 0 Å². The number of rotatable bonds is 1. The second-order valence-corrected chi connectivity index (χ2v) is 7.24. The number of nitrogens with zero attached hydrogens (tertiary/aromatic N) is 2. The number of isothiocyanates is 1. The zero-order valence-electron chi connectivity index (χ0n) is 12.6. The van der Waals surface area contributed by atoms with Gasteiger partial charge in [-0.2, -0.15) is 4.99 Å². The Kier molecular flexibility index (Phi) is 3.25. The number of hydrogen-bond acceptors (Lipinski definition) is 3. The Morgan fingerprint density at radius 2 is 2.24 bits per heavy atom. The molecule has 2 nitrogen and oxygen atoms in total. The molecule has 1 heterocycles. The van der Waals surface area contributed by atoms with E-state index in [1.165, 1.54) is 45.1 Å². The van der Waals surface area contributed by atoms with Gasteiger partial charge in [-0.1, -0.05) is 18.9 Å². The van der Waals surface area contributed by atoms with E-state index in [9.17, 15) is 0 Å². The van der Waals surface area contributed by atoms with Crippen LogP contribution in [-0.4, -0.2) is 29.7 Å². The molecule has 0 aromatic heterocycles. The van der Waals surface area contributed by atoms with E-state index in [2.05, 4.69) is 40.3 Å². The van der Waals surface area contributed by atoms with Crippen molar-refractivity contribution in [2.75, 3.05) is 13.6 Å². The SMILES string of the molecule is CN1CC[C@@]23CCCCC2[C@@H]1Cc1ccc(N=C=S)cc13. The number of piperidine rings is 1. The van der Waals surface area contributed by atoms with E-state index in [-0.39, 0.29) is 0 Å². The molecule has 21 heavy (non-hydrogen) atoms. The van der Waals surface area contributed by atoms with E-state index in [1.54, 1.807) is 11.1 Å². The number of hydrogen-bond donors (Lipinski definition) is 0. The summed E-state index contributed by atoms with van der Waals surface area (Å²) in [6.45, 7) is 1.24. The van der Waals surface area contributed by atoms with Crippen molar-refractivity contribution in [2.45, 2.75) is 50.0 Å². The molecule has 0 radical (unpaired) electrons. The smallest absolute Gasteiger partial charge is 0.0742 e. The van der Waals surface area contributed by atoms with Gasteiger partial charge in [0.1, 0.15) is 0 Å². The normalized spacial score (nSPS) is 34.5. The van der Waals surface area contributed by atoms with Crippen molar-refractivity contribution >= 4 is 23.1 Å². The van der Waals surface area contributed by atoms with Crippen molar-refractivity contribution in [3.05, 3.63) is 29.3 Å². The Morgan fingerprint density at radius 1 is 1.33 bits per heavy atom. The molecule has 3 atom stereocenters. The Balaban J connectivity index is 1.89. The van der Waals surface area contributed by atoms with Crippen LogP contribution in [0, 0.1) is 5.92 Å². The van der Waals surface area contributed by atoms with Crippen LogP contribution in [-0.2, 0) is 11.8 Å². The minimum absolute atomic E-state index is 0.413. The van der Waals surface area contributed by atoms with Crippen molar-refractivity contribution in [1.29, 1.82) is 0 Å². The fourth-order valence-corrected chi connectivity index (χ4v) is 5.41. The molecule has 3 aliphatic rings. The van der Waals surface area contributed by atoms with Crippen LogP contribution in [0.5, 0.6) is 0 Å². The third-order valence-electron chi connectivity index (χ3n) is 6.27. The molecule has 1 aliphatic heterocycles. The Hall–Kier alpha value is -1.02. The molecule has 1 aromatic rings. The first kappa shape index (κ1) is 13.6. The zero-order valence-corrected chi connectivity index (χ0v) is 13.5. The standard InChI is InChI=1S/C18H22N2S/c1-20-9-8-18-7-3-2-4-15(18)17(20)10-13-5-6-14(19-12-21)11-16(13)18/h5-6,11,15,17H,2-4,7-10H2,1H3/t15?,17-,18-/m0/s1. The maximum Gasteiger partial charge on any atom is 0.0742 e. The number of fused-ring (bicyclic) bond motifs is 1. The number of likely N-dealkylation sites (N-methyl/N-ethyl adjacent to an activating group) is 1. The van der Waals surface area contributed by atoms with Crippen LogP contribution in [0.15, 0.2) is 23.2 Å². The lowest BCUT2D eigenvalue weighted by atomic mass is 9.52. The topological polar surface area (TPSA) is 15.6 Å². The maximum absolute atomic E-state index is 4.78. The van der Waals surface area contributed by atoms with Gasteiger partial charge in [-0.25, -0.2) is 0 Å². The first-order valence-electron chi connectivity index (χ1n) is 8.16. The molecule has 0 N–H and O–H groups in total. The fourth-order valence-electron chi connectivity index (χ4n) is 5.31. The molecular formula is C18H22N2S. The van der Waals surface area contributed by atoms with Crippen LogP contribution < -0.4 is 0 Å². The molecule has 0 spiro atoms. The summed E-state index contributed by atoms with van der Waals surface area (Å²) in [6, 6.07) is 7.45. The number of benzene rings is 1. The molecule has 2 fully saturated rings. The first-order valence-corrected chi connectivity index (χ1v) is 8.57. The van der Waals surface area contributed by atoms with E-state index in [0.717, 1.165) is 17.6 Å². The summed E-state index contributed by atoms with van der Waals surface area (Å²) < 4.78 is 0. The van der Waals surface area contributed by atoms with Gasteiger partial charge in [0.25, 0.3) is 0 Å². The molecule has 1 saturated carbocycles. The van der Waals surface area contributed by atoms with E-state index in [1.807, 2.05) is 0 Å². The van der Waals surface area contributed by atoms with Crippen LogP contribution >= 0.6 is 12.2 Å². The molecule has 1 unspecified atom stereocenters. The lowest BCUT2D eigenvalue weighted by Crippen LogP contribution is -2.59. The molecule has 1 aromatic carbocycles. The highest BCUT2D eigenvalue weighted by Gasteiger charge is 2.52. The molecule has 2 aliphatic carbocycles. The van der Waals surface area contributed by atoms with Crippen LogP contribution in [0.1, 0.15) is 43.2 Å². The lowest BCUT2D eigenvalue weighted by molar-refractivity contribution is 0.00290.